The van der Waals surface area contributed by atoms with Gasteiger partial charge in [0.2, 0.25) is 0 Å². The molecule has 2 N–H and O–H groups in total. The van der Waals surface area contributed by atoms with Gasteiger partial charge < -0.3 is 10.3 Å². The lowest BCUT2D eigenvalue weighted by Crippen LogP contribution is -2.27. The molecular formula is C21H20N8OS. The summed E-state index contributed by atoms with van der Waals surface area (Å²) in [6.45, 7) is 3.93. The van der Waals surface area contributed by atoms with Gasteiger partial charge in [-0.15, -0.1) is 21.5 Å². The number of aromatic amines is 1. The SMILES string of the molecule is Cc1ccc(-c2cnc3c(-c4ccnn4C)cc(C(=O)N[C@@H](C)c4nnc[nH]4)cn23)s1. The maximum atomic E-state index is 13.1. The molecule has 5 rings (SSSR count). The van der Waals surface area contributed by atoms with E-state index in [9.17, 15) is 4.79 Å². The first kappa shape index (κ1) is 19.2. The van der Waals surface area contributed by atoms with E-state index in [4.69, 9.17) is 0 Å². The molecule has 1 atom stereocenters. The average Bonchev–Trinajstić information content (AvgIpc) is 3.54. The fourth-order valence-corrected chi connectivity index (χ4v) is 4.44. The molecule has 0 aliphatic carbocycles. The van der Waals surface area contributed by atoms with Gasteiger partial charge in [-0.1, -0.05) is 0 Å². The Labute approximate surface area is 181 Å². The van der Waals surface area contributed by atoms with Crippen LogP contribution in [0.1, 0.15) is 34.0 Å². The van der Waals surface area contributed by atoms with Crippen molar-refractivity contribution in [3.05, 3.63) is 65.4 Å². The number of thiophene rings is 1. The number of fused-ring (bicyclic) bond motifs is 1. The van der Waals surface area contributed by atoms with Crippen LogP contribution >= 0.6 is 11.3 Å². The van der Waals surface area contributed by atoms with Crippen LogP contribution in [0.4, 0.5) is 0 Å². The van der Waals surface area contributed by atoms with Crippen LogP contribution in [0.15, 0.2) is 49.2 Å². The Hall–Kier alpha value is -3.79. The summed E-state index contributed by atoms with van der Waals surface area (Å²) in [5.74, 6) is 0.384. The Balaban J connectivity index is 1.64. The van der Waals surface area contributed by atoms with E-state index < -0.39 is 0 Å². The molecule has 1 amide bonds. The van der Waals surface area contributed by atoms with Crippen LogP contribution in [0.2, 0.25) is 0 Å². The molecule has 0 bridgehead atoms. The summed E-state index contributed by atoms with van der Waals surface area (Å²) < 4.78 is 3.75. The van der Waals surface area contributed by atoms with Gasteiger partial charge in [0.1, 0.15) is 12.0 Å². The van der Waals surface area contributed by atoms with Crippen LogP contribution in [-0.4, -0.2) is 40.3 Å². The molecule has 156 valence electrons. The van der Waals surface area contributed by atoms with E-state index in [2.05, 4.69) is 49.6 Å². The van der Waals surface area contributed by atoms with E-state index in [0.717, 1.165) is 27.5 Å². The largest absolute Gasteiger partial charge is 0.342 e. The molecule has 0 saturated carbocycles. The Morgan fingerprint density at radius 1 is 1.26 bits per heavy atom. The normalized spacial score (nSPS) is 12.4. The van der Waals surface area contributed by atoms with Crippen LogP contribution in [0.3, 0.4) is 0 Å². The lowest BCUT2D eigenvalue weighted by Gasteiger charge is -2.13. The molecule has 0 radical (unpaired) electrons. The van der Waals surface area contributed by atoms with Crippen molar-refractivity contribution in [1.29, 1.82) is 0 Å². The van der Waals surface area contributed by atoms with Gasteiger partial charge in [-0.25, -0.2) is 4.98 Å². The topological polar surface area (TPSA) is 106 Å². The minimum absolute atomic E-state index is 0.212. The van der Waals surface area contributed by atoms with Gasteiger partial charge in [-0.05, 0) is 38.1 Å². The predicted octanol–water partition coefficient (Wildman–Crippen LogP) is 3.38. The number of amides is 1. The molecule has 31 heavy (non-hydrogen) atoms. The zero-order valence-electron chi connectivity index (χ0n) is 17.2. The summed E-state index contributed by atoms with van der Waals surface area (Å²) >= 11 is 1.69. The molecule has 0 aliphatic rings. The zero-order valence-corrected chi connectivity index (χ0v) is 18.0. The number of aryl methyl sites for hydroxylation is 2. The number of rotatable bonds is 5. The molecule has 0 saturated heterocycles. The third-order valence-corrected chi connectivity index (χ3v) is 6.17. The summed E-state index contributed by atoms with van der Waals surface area (Å²) in [5.41, 5.74) is 3.93. The molecule has 10 heteroatoms. The van der Waals surface area contributed by atoms with E-state index in [-0.39, 0.29) is 11.9 Å². The Kier molecular flexibility index (Phi) is 4.63. The molecule has 0 aliphatic heterocycles. The van der Waals surface area contributed by atoms with Gasteiger partial charge in [-0.2, -0.15) is 5.10 Å². The van der Waals surface area contributed by atoms with Crippen LogP contribution < -0.4 is 5.32 Å². The number of hydrogen-bond acceptors (Lipinski definition) is 6. The number of hydrogen-bond donors (Lipinski definition) is 2. The molecule has 5 aromatic rings. The zero-order chi connectivity index (χ0) is 21.5. The number of aromatic nitrogens is 7. The van der Waals surface area contributed by atoms with Gasteiger partial charge in [-0.3, -0.25) is 13.9 Å². The molecule has 0 fully saturated rings. The lowest BCUT2D eigenvalue weighted by molar-refractivity contribution is 0.0938. The summed E-state index contributed by atoms with van der Waals surface area (Å²) in [5, 5.41) is 15.0. The van der Waals surface area contributed by atoms with Crippen molar-refractivity contribution in [2.45, 2.75) is 19.9 Å². The van der Waals surface area contributed by atoms with E-state index in [1.54, 1.807) is 22.2 Å². The summed E-state index contributed by atoms with van der Waals surface area (Å²) in [7, 11) is 1.87. The number of imidazole rings is 1. The van der Waals surface area contributed by atoms with Gasteiger partial charge in [0, 0.05) is 29.9 Å². The Morgan fingerprint density at radius 3 is 2.81 bits per heavy atom. The van der Waals surface area contributed by atoms with E-state index in [0.29, 0.717) is 11.4 Å². The molecule has 0 aromatic carbocycles. The number of H-pyrrole nitrogens is 1. The Bertz CT molecular complexity index is 1380. The van der Waals surface area contributed by atoms with Crippen LogP contribution in [-0.2, 0) is 7.05 Å². The van der Waals surface area contributed by atoms with Crippen molar-refractivity contribution in [2.24, 2.45) is 7.05 Å². The highest BCUT2D eigenvalue weighted by molar-refractivity contribution is 7.15. The molecular weight excluding hydrogens is 412 g/mol. The quantitative estimate of drug-likeness (QED) is 0.443. The van der Waals surface area contributed by atoms with E-state index in [1.165, 1.54) is 11.2 Å². The van der Waals surface area contributed by atoms with Gasteiger partial charge >= 0.3 is 0 Å². The molecule has 0 unspecified atom stereocenters. The third kappa shape index (κ3) is 3.40. The lowest BCUT2D eigenvalue weighted by atomic mass is 10.1. The van der Waals surface area contributed by atoms with E-state index >= 15 is 0 Å². The first-order valence-corrected chi connectivity index (χ1v) is 10.6. The molecule has 0 spiro atoms. The van der Waals surface area contributed by atoms with Crippen LogP contribution in [0.25, 0.3) is 27.5 Å². The number of nitrogens with zero attached hydrogens (tertiary/aromatic N) is 6. The van der Waals surface area contributed by atoms with Crippen molar-refractivity contribution < 1.29 is 4.79 Å². The third-order valence-electron chi connectivity index (χ3n) is 5.15. The Morgan fingerprint density at radius 2 is 2.13 bits per heavy atom. The standard InChI is InChI=1S/C21H20N8OS/c1-12-4-5-18(31-12)17-9-22-20-15(16-6-7-25-28(16)3)8-14(10-29(17)20)21(30)26-13(2)19-23-11-24-27-19/h4-11,13H,1-3H3,(H,26,30)(H,23,24,27)/t13-/m0/s1. The van der Waals surface area contributed by atoms with Gasteiger partial charge in [0.25, 0.3) is 5.91 Å². The maximum absolute atomic E-state index is 13.1. The predicted molar refractivity (Wildman–Crippen MR) is 118 cm³/mol. The van der Waals surface area contributed by atoms with Crippen LogP contribution in [0, 0.1) is 6.92 Å². The number of nitrogens with one attached hydrogen (secondary N) is 2. The summed E-state index contributed by atoms with van der Waals surface area (Å²) in [6, 6.07) is 7.61. The van der Waals surface area contributed by atoms with Gasteiger partial charge in [0.15, 0.2) is 5.82 Å². The van der Waals surface area contributed by atoms with Crippen molar-refractivity contribution in [2.75, 3.05) is 0 Å². The second kappa shape index (κ2) is 7.47. The maximum Gasteiger partial charge on any atom is 0.253 e. The fraction of sp³-hybridized carbons (Fsp3) is 0.190. The average molecular weight is 433 g/mol. The highest BCUT2D eigenvalue weighted by Crippen LogP contribution is 2.32. The van der Waals surface area contributed by atoms with Gasteiger partial charge in [0.05, 0.1) is 34.1 Å². The summed E-state index contributed by atoms with van der Waals surface area (Å²) in [4.78, 5) is 23.1. The van der Waals surface area contributed by atoms with Crippen molar-refractivity contribution in [3.63, 3.8) is 0 Å². The molecule has 5 heterocycles. The smallest absolute Gasteiger partial charge is 0.253 e. The number of carbonyl (C=O) groups excluding carboxylic acids is 1. The monoisotopic (exact) mass is 432 g/mol. The molecule has 5 aromatic heterocycles. The van der Waals surface area contributed by atoms with Crippen molar-refractivity contribution >= 4 is 22.9 Å². The minimum Gasteiger partial charge on any atom is -0.342 e. The first-order chi connectivity index (χ1) is 15.0. The second-order valence-corrected chi connectivity index (χ2v) is 8.59. The highest BCUT2D eigenvalue weighted by atomic mass is 32.1. The summed E-state index contributed by atoms with van der Waals surface area (Å²) in [6.07, 6.45) is 6.90. The fourth-order valence-electron chi connectivity index (χ4n) is 3.57. The molecule has 9 nitrogen and oxygen atoms in total. The number of pyridine rings is 1. The number of carbonyl (C=O) groups is 1. The van der Waals surface area contributed by atoms with Crippen molar-refractivity contribution in [1.82, 2.24) is 39.7 Å². The minimum atomic E-state index is -0.312. The van der Waals surface area contributed by atoms with Crippen LogP contribution in [0.5, 0.6) is 0 Å². The highest BCUT2D eigenvalue weighted by Gasteiger charge is 2.20. The van der Waals surface area contributed by atoms with Crippen molar-refractivity contribution in [3.8, 4) is 21.8 Å². The second-order valence-electron chi connectivity index (χ2n) is 7.30. The first-order valence-electron chi connectivity index (χ1n) is 9.74. The van der Waals surface area contributed by atoms with E-state index in [1.807, 2.05) is 42.9 Å².